The number of nitrogens with zero attached hydrogens (tertiary/aromatic N) is 1. The average molecular weight is 337 g/mol. The van der Waals surface area contributed by atoms with E-state index in [0.717, 1.165) is 11.2 Å². The lowest BCUT2D eigenvalue weighted by Gasteiger charge is -2.15. The van der Waals surface area contributed by atoms with Crippen LogP contribution in [0.15, 0.2) is 46.9 Å². The van der Waals surface area contributed by atoms with Crippen LogP contribution in [0.4, 0.5) is 11.4 Å². The first-order chi connectivity index (χ1) is 11.9. The Kier molecular flexibility index (Phi) is 4.52. The third-order valence-electron chi connectivity index (χ3n) is 3.83. The van der Waals surface area contributed by atoms with Gasteiger partial charge < -0.3 is 15.1 Å². The van der Waals surface area contributed by atoms with Gasteiger partial charge in [0.2, 0.25) is 5.91 Å². The van der Waals surface area contributed by atoms with Gasteiger partial charge in [-0.3, -0.25) is 9.59 Å². The van der Waals surface area contributed by atoms with Crippen LogP contribution in [-0.4, -0.2) is 22.7 Å². The summed E-state index contributed by atoms with van der Waals surface area (Å²) in [6.07, 6.45) is 0. The van der Waals surface area contributed by atoms with E-state index in [9.17, 15) is 9.59 Å². The highest BCUT2D eigenvalue weighted by molar-refractivity contribution is 5.98. The van der Waals surface area contributed by atoms with Crippen molar-refractivity contribution in [3.8, 4) is 0 Å². The predicted octanol–water partition coefficient (Wildman–Crippen LogP) is 3.78. The van der Waals surface area contributed by atoms with Crippen LogP contribution in [0.1, 0.15) is 30.1 Å². The van der Waals surface area contributed by atoms with Gasteiger partial charge in [-0.2, -0.15) is 0 Å². The van der Waals surface area contributed by atoms with Crippen LogP contribution in [0.2, 0.25) is 0 Å². The van der Waals surface area contributed by atoms with Crippen LogP contribution >= 0.6 is 0 Å². The molecule has 128 valence electrons. The first kappa shape index (κ1) is 16.7. The van der Waals surface area contributed by atoms with Gasteiger partial charge in [-0.15, -0.1) is 0 Å². The van der Waals surface area contributed by atoms with Crippen LogP contribution < -0.4 is 10.6 Å². The van der Waals surface area contributed by atoms with E-state index in [-0.39, 0.29) is 11.7 Å². The minimum absolute atomic E-state index is 0.00797. The number of fused-ring (bicyclic) bond motifs is 1. The zero-order valence-corrected chi connectivity index (χ0v) is 14.3. The van der Waals surface area contributed by atoms with Crippen molar-refractivity contribution in [3.05, 3.63) is 53.9 Å². The molecule has 0 saturated heterocycles. The molecule has 0 bridgehead atoms. The van der Waals surface area contributed by atoms with E-state index >= 15 is 0 Å². The number of Topliss-reactive ketones (excluding diaryl/α,β-unsaturated/α-hetero) is 1. The molecule has 6 nitrogen and oxygen atoms in total. The molecular weight excluding hydrogens is 318 g/mol. The summed E-state index contributed by atoms with van der Waals surface area (Å²) < 4.78 is 5.44. The number of benzene rings is 2. The number of aryl methyl sites for hydroxylation is 1. The number of rotatable bonds is 5. The Morgan fingerprint density at radius 1 is 1.08 bits per heavy atom. The lowest BCUT2D eigenvalue weighted by molar-refractivity contribution is -0.116. The highest BCUT2D eigenvalue weighted by Crippen LogP contribution is 2.20. The summed E-state index contributed by atoms with van der Waals surface area (Å²) in [6, 6.07) is 11.9. The van der Waals surface area contributed by atoms with Crippen molar-refractivity contribution in [1.82, 2.24) is 4.98 Å². The Labute approximate surface area is 145 Å². The summed E-state index contributed by atoms with van der Waals surface area (Å²) in [5, 5.41) is 5.97. The molecule has 0 aliphatic carbocycles. The number of carbonyl (C=O) groups is 2. The van der Waals surface area contributed by atoms with Crippen molar-refractivity contribution in [1.29, 1.82) is 0 Å². The van der Waals surface area contributed by atoms with Gasteiger partial charge in [0.1, 0.15) is 11.6 Å². The van der Waals surface area contributed by atoms with Crippen molar-refractivity contribution in [3.63, 3.8) is 0 Å². The molecule has 1 aromatic heterocycles. The Bertz CT molecular complexity index is 929. The van der Waals surface area contributed by atoms with E-state index in [0.29, 0.717) is 22.7 Å². The standard InChI is InChI=1S/C19H19N3O3/c1-11(19(24)22-15-6-4-14(5-7-15)12(2)23)20-16-8-9-18-17(10-16)21-13(3)25-18/h4-11,20H,1-3H3,(H,22,24)/t11-/m0/s1. The smallest absolute Gasteiger partial charge is 0.246 e. The molecule has 3 aromatic rings. The van der Waals surface area contributed by atoms with Crippen molar-refractivity contribution < 1.29 is 14.0 Å². The second-order valence-electron chi connectivity index (χ2n) is 5.90. The predicted molar refractivity (Wildman–Crippen MR) is 96.9 cm³/mol. The summed E-state index contributed by atoms with van der Waals surface area (Å²) in [6.45, 7) is 5.07. The van der Waals surface area contributed by atoms with Crippen LogP contribution in [0.3, 0.4) is 0 Å². The van der Waals surface area contributed by atoms with Crippen molar-refractivity contribution >= 4 is 34.2 Å². The molecule has 0 aliphatic heterocycles. The zero-order valence-electron chi connectivity index (χ0n) is 14.3. The number of nitrogens with one attached hydrogen (secondary N) is 2. The average Bonchev–Trinajstić information content (AvgIpc) is 2.94. The van der Waals surface area contributed by atoms with Gasteiger partial charge in [0.15, 0.2) is 17.3 Å². The van der Waals surface area contributed by atoms with Crippen LogP contribution in [-0.2, 0) is 4.79 Å². The van der Waals surface area contributed by atoms with Crippen molar-refractivity contribution in [2.24, 2.45) is 0 Å². The quantitative estimate of drug-likeness (QED) is 0.692. The number of amides is 1. The van der Waals surface area contributed by atoms with E-state index in [1.54, 1.807) is 38.1 Å². The molecule has 0 fully saturated rings. The minimum atomic E-state index is -0.446. The molecule has 0 unspecified atom stereocenters. The zero-order chi connectivity index (χ0) is 18.0. The van der Waals surface area contributed by atoms with Gasteiger partial charge >= 0.3 is 0 Å². The van der Waals surface area contributed by atoms with Gasteiger partial charge in [0.25, 0.3) is 0 Å². The van der Waals surface area contributed by atoms with Crippen LogP contribution in [0.5, 0.6) is 0 Å². The summed E-state index contributed by atoms with van der Waals surface area (Å²) in [5.41, 5.74) is 3.50. The molecule has 1 amide bonds. The fraction of sp³-hybridized carbons (Fsp3) is 0.211. The minimum Gasteiger partial charge on any atom is -0.441 e. The number of anilines is 2. The maximum atomic E-state index is 12.3. The number of carbonyl (C=O) groups excluding carboxylic acids is 2. The summed E-state index contributed by atoms with van der Waals surface area (Å²) in [4.78, 5) is 27.9. The summed E-state index contributed by atoms with van der Waals surface area (Å²) in [7, 11) is 0. The van der Waals surface area contributed by atoms with Gasteiger partial charge in [-0.1, -0.05) is 0 Å². The molecule has 1 atom stereocenters. The summed E-state index contributed by atoms with van der Waals surface area (Å²) >= 11 is 0. The van der Waals surface area contributed by atoms with E-state index in [2.05, 4.69) is 15.6 Å². The summed E-state index contributed by atoms with van der Waals surface area (Å²) in [5.74, 6) is 0.422. The Balaban J connectivity index is 1.65. The Hall–Kier alpha value is -3.15. The molecule has 0 aliphatic rings. The van der Waals surface area contributed by atoms with Gasteiger partial charge in [-0.05, 0) is 56.3 Å². The van der Waals surface area contributed by atoms with Crippen LogP contribution in [0, 0.1) is 6.92 Å². The van der Waals surface area contributed by atoms with E-state index in [1.165, 1.54) is 6.92 Å². The first-order valence-electron chi connectivity index (χ1n) is 7.98. The Morgan fingerprint density at radius 3 is 2.44 bits per heavy atom. The van der Waals surface area contributed by atoms with Crippen LogP contribution in [0.25, 0.3) is 11.1 Å². The number of hydrogen-bond acceptors (Lipinski definition) is 5. The molecule has 25 heavy (non-hydrogen) atoms. The third kappa shape index (κ3) is 3.85. The normalized spacial score (nSPS) is 12.0. The first-order valence-corrected chi connectivity index (χ1v) is 7.98. The highest BCUT2D eigenvalue weighted by Gasteiger charge is 2.14. The monoisotopic (exact) mass is 337 g/mol. The third-order valence-corrected chi connectivity index (χ3v) is 3.83. The second kappa shape index (κ2) is 6.76. The number of hydrogen-bond donors (Lipinski definition) is 2. The van der Waals surface area contributed by atoms with Gasteiger partial charge in [0, 0.05) is 23.9 Å². The van der Waals surface area contributed by atoms with E-state index in [1.807, 2.05) is 18.2 Å². The fourth-order valence-corrected chi connectivity index (χ4v) is 2.49. The van der Waals surface area contributed by atoms with Crippen molar-refractivity contribution in [2.45, 2.75) is 26.8 Å². The topological polar surface area (TPSA) is 84.2 Å². The SMILES string of the molecule is CC(=O)c1ccc(NC(=O)[C@H](C)Nc2ccc3oc(C)nc3c2)cc1. The molecule has 0 saturated carbocycles. The highest BCUT2D eigenvalue weighted by atomic mass is 16.3. The Morgan fingerprint density at radius 2 is 1.76 bits per heavy atom. The molecule has 1 heterocycles. The van der Waals surface area contributed by atoms with Gasteiger partial charge in [-0.25, -0.2) is 4.98 Å². The molecule has 2 aromatic carbocycles. The molecular formula is C19H19N3O3. The molecule has 2 N–H and O–H groups in total. The number of aromatic nitrogens is 1. The fourth-order valence-electron chi connectivity index (χ4n) is 2.49. The number of ketones is 1. The van der Waals surface area contributed by atoms with Gasteiger partial charge in [0.05, 0.1) is 0 Å². The maximum Gasteiger partial charge on any atom is 0.246 e. The van der Waals surface area contributed by atoms with E-state index in [4.69, 9.17) is 4.42 Å². The maximum absolute atomic E-state index is 12.3. The van der Waals surface area contributed by atoms with Crippen molar-refractivity contribution in [2.75, 3.05) is 10.6 Å². The molecule has 6 heteroatoms. The molecule has 0 spiro atoms. The molecule has 0 radical (unpaired) electrons. The lowest BCUT2D eigenvalue weighted by atomic mass is 10.1. The largest absolute Gasteiger partial charge is 0.441 e. The molecule has 3 rings (SSSR count). The van der Waals surface area contributed by atoms with E-state index < -0.39 is 6.04 Å². The lowest BCUT2D eigenvalue weighted by Crippen LogP contribution is -2.31. The number of oxazole rings is 1. The second-order valence-corrected chi connectivity index (χ2v) is 5.90.